The van der Waals surface area contributed by atoms with Gasteiger partial charge in [0.2, 0.25) is 0 Å². The number of hydrogen-bond acceptors (Lipinski definition) is 6. The van der Waals surface area contributed by atoms with Gasteiger partial charge >= 0.3 is 17.9 Å². The van der Waals surface area contributed by atoms with Crippen LogP contribution in [-0.4, -0.2) is 37.2 Å². The molecule has 0 amide bonds. The second-order valence-corrected chi connectivity index (χ2v) is 15.4. The largest absolute Gasteiger partial charge is 0.462 e. The quantitative estimate of drug-likeness (QED) is 0.0265. The summed E-state index contributed by atoms with van der Waals surface area (Å²) < 4.78 is 16.7. The summed E-state index contributed by atoms with van der Waals surface area (Å²) in [5.41, 5.74) is 0. The Morgan fingerprint density at radius 2 is 0.690 bits per heavy atom. The molecule has 6 heteroatoms. The highest BCUT2D eigenvalue weighted by Gasteiger charge is 2.19. The zero-order valence-electron chi connectivity index (χ0n) is 37.5. The minimum atomic E-state index is -0.815. The molecule has 1 unspecified atom stereocenters. The molecule has 0 fully saturated rings. The molecule has 0 aromatic rings. The summed E-state index contributed by atoms with van der Waals surface area (Å²) in [5, 5.41) is 0. The van der Waals surface area contributed by atoms with Crippen LogP contribution in [0.2, 0.25) is 0 Å². The number of ether oxygens (including phenoxy) is 3. The molecular weight excluding hydrogens is 721 g/mol. The SMILES string of the molecule is CC\C=C/C=C\C=C/C=C\C=C/CCCC(=O)OC(COC(=O)CCCCCCCC/C=C\C=C/CCCCC)COC(=O)CCCCCCCCCCCCCC. The number of carbonyl (C=O) groups excluding carboxylic acids is 3. The van der Waals surface area contributed by atoms with E-state index in [-0.39, 0.29) is 37.5 Å². The van der Waals surface area contributed by atoms with Crippen molar-refractivity contribution in [1.29, 1.82) is 0 Å². The van der Waals surface area contributed by atoms with Crippen LogP contribution in [-0.2, 0) is 28.6 Å². The van der Waals surface area contributed by atoms with Crippen LogP contribution in [0.5, 0.6) is 0 Å². The van der Waals surface area contributed by atoms with Crippen LogP contribution < -0.4 is 0 Å². The van der Waals surface area contributed by atoms with Crippen molar-refractivity contribution >= 4 is 17.9 Å². The molecule has 0 N–H and O–H groups in total. The van der Waals surface area contributed by atoms with Gasteiger partial charge in [-0.05, 0) is 57.8 Å². The number of carbonyl (C=O) groups is 3. The lowest BCUT2D eigenvalue weighted by Gasteiger charge is -2.18. The summed E-state index contributed by atoms with van der Waals surface area (Å²) in [5.74, 6) is -1.00. The van der Waals surface area contributed by atoms with Gasteiger partial charge in [-0.25, -0.2) is 0 Å². The van der Waals surface area contributed by atoms with E-state index in [1.54, 1.807) is 0 Å². The van der Waals surface area contributed by atoms with Crippen molar-refractivity contribution in [3.63, 3.8) is 0 Å². The highest BCUT2D eigenvalue weighted by molar-refractivity contribution is 5.71. The van der Waals surface area contributed by atoms with Crippen molar-refractivity contribution in [2.75, 3.05) is 13.2 Å². The Balaban J connectivity index is 4.51. The van der Waals surface area contributed by atoms with Gasteiger partial charge in [-0.1, -0.05) is 215 Å². The third kappa shape index (κ3) is 43.7. The van der Waals surface area contributed by atoms with Crippen LogP contribution >= 0.6 is 0 Å². The molecule has 0 aliphatic heterocycles. The first-order valence-electron chi connectivity index (χ1n) is 23.7. The fourth-order valence-electron chi connectivity index (χ4n) is 6.23. The van der Waals surface area contributed by atoms with Crippen molar-refractivity contribution in [3.05, 3.63) is 85.1 Å². The second kappa shape index (κ2) is 46.3. The minimum Gasteiger partial charge on any atom is -0.462 e. The zero-order chi connectivity index (χ0) is 42.3. The van der Waals surface area contributed by atoms with Gasteiger partial charge in [-0.3, -0.25) is 14.4 Å². The third-order valence-corrected chi connectivity index (χ3v) is 9.79. The van der Waals surface area contributed by atoms with Crippen LogP contribution in [0.1, 0.15) is 207 Å². The fourth-order valence-corrected chi connectivity index (χ4v) is 6.23. The Hall–Kier alpha value is -3.41. The molecule has 0 saturated heterocycles. The topological polar surface area (TPSA) is 78.9 Å². The van der Waals surface area contributed by atoms with Crippen LogP contribution in [0.25, 0.3) is 0 Å². The Morgan fingerprint density at radius 3 is 1.16 bits per heavy atom. The lowest BCUT2D eigenvalue weighted by atomic mass is 10.0. The number of rotatable bonds is 41. The Morgan fingerprint density at radius 1 is 0.362 bits per heavy atom. The third-order valence-electron chi connectivity index (χ3n) is 9.79. The van der Waals surface area contributed by atoms with E-state index in [1.165, 1.54) is 96.3 Å². The molecule has 0 radical (unpaired) electrons. The first-order chi connectivity index (χ1) is 28.5. The standard InChI is InChI=1S/C52H86O6/c1-4-7-10-13-16-19-22-25-26-28-30-33-36-39-42-45-51(54)57-48-49(47-56-50(53)44-41-38-35-32-29-24-21-18-15-12-9-6-3)58-52(55)46-43-40-37-34-31-27-23-20-17-14-11-8-5-2/h8,11,14,16-17,19-20,22-23,25,27,31,34,37,49H,4-7,9-10,12-13,15,18,21,24,26,28-30,32-33,35-36,38-48H2,1-3H3/b11-8-,17-14-,19-16-,23-20-,25-22-,31-27-,37-34-. The van der Waals surface area contributed by atoms with E-state index in [2.05, 4.69) is 51.2 Å². The van der Waals surface area contributed by atoms with Crippen LogP contribution in [0, 0.1) is 0 Å². The van der Waals surface area contributed by atoms with E-state index in [0.29, 0.717) is 19.3 Å². The number of esters is 3. The van der Waals surface area contributed by atoms with Crippen LogP contribution in [0.4, 0.5) is 0 Å². The van der Waals surface area contributed by atoms with E-state index < -0.39 is 6.10 Å². The summed E-state index contributed by atoms with van der Waals surface area (Å²) in [6.07, 6.45) is 58.5. The summed E-state index contributed by atoms with van der Waals surface area (Å²) in [6.45, 7) is 6.37. The van der Waals surface area contributed by atoms with Crippen LogP contribution in [0.15, 0.2) is 85.1 Å². The van der Waals surface area contributed by atoms with Gasteiger partial charge in [0, 0.05) is 19.3 Å². The second-order valence-electron chi connectivity index (χ2n) is 15.4. The maximum absolute atomic E-state index is 12.7. The van der Waals surface area contributed by atoms with Crippen molar-refractivity contribution in [1.82, 2.24) is 0 Å². The first kappa shape index (κ1) is 54.6. The van der Waals surface area contributed by atoms with Gasteiger partial charge in [-0.2, -0.15) is 0 Å². The van der Waals surface area contributed by atoms with Gasteiger partial charge in [0.25, 0.3) is 0 Å². The van der Waals surface area contributed by atoms with Crippen molar-refractivity contribution < 1.29 is 28.6 Å². The molecule has 0 heterocycles. The predicted molar refractivity (Wildman–Crippen MR) is 247 cm³/mol. The number of allylic oxidation sites excluding steroid dienone is 14. The summed E-state index contributed by atoms with van der Waals surface area (Å²) in [7, 11) is 0. The molecule has 0 spiro atoms. The highest BCUT2D eigenvalue weighted by atomic mass is 16.6. The number of unbranched alkanes of at least 4 members (excludes halogenated alkanes) is 21. The molecule has 330 valence electrons. The molecule has 6 nitrogen and oxygen atoms in total. The first-order valence-corrected chi connectivity index (χ1v) is 23.7. The monoisotopic (exact) mass is 807 g/mol. The molecule has 0 saturated carbocycles. The minimum absolute atomic E-state index is 0.108. The molecular formula is C52H86O6. The van der Waals surface area contributed by atoms with E-state index in [4.69, 9.17) is 14.2 Å². The Labute approximate surface area is 356 Å². The lowest BCUT2D eigenvalue weighted by molar-refractivity contribution is -0.167. The van der Waals surface area contributed by atoms with Gasteiger partial charge < -0.3 is 14.2 Å². The molecule has 0 aromatic carbocycles. The van der Waals surface area contributed by atoms with Gasteiger partial charge in [0.15, 0.2) is 6.10 Å². The summed E-state index contributed by atoms with van der Waals surface area (Å²) in [6, 6.07) is 0. The average Bonchev–Trinajstić information content (AvgIpc) is 3.22. The smallest absolute Gasteiger partial charge is 0.306 e. The van der Waals surface area contributed by atoms with Crippen molar-refractivity contribution in [2.24, 2.45) is 0 Å². The molecule has 0 aromatic heterocycles. The fraction of sp³-hybridized carbons (Fsp3) is 0.673. The van der Waals surface area contributed by atoms with Crippen LogP contribution in [0.3, 0.4) is 0 Å². The van der Waals surface area contributed by atoms with Gasteiger partial charge in [-0.15, -0.1) is 0 Å². The van der Waals surface area contributed by atoms with E-state index in [9.17, 15) is 14.4 Å². The lowest BCUT2D eigenvalue weighted by Crippen LogP contribution is -2.30. The maximum atomic E-state index is 12.7. The molecule has 0 aliphatic carbocycles. The molecule has 1 atom stereocenters. The predicted octanol–water partition coefficient (Wildman–Crippen LogP) is 15.3. The van der Waals surface area contributed by atoms with E-state index >= 15 is 0 Å². The zero-order valence-corrected chi connectivity index (χ0v) is 37.5. The molecule has 0 rings (SSSR count). The van der Waals surface area contributed by atoms with Gasteiger partial charge in [0.05, 0.1) is 0 Å². The maximum Gasteiger partial charge on any atom is 0.306 e. The van der Waals surface area contributed by atoms with Gasteiger partial charge in [0.1, 0.15) is 13.2 Å². The highest BCUT2D eigenvalue weighted by Crippen LogP contribution is 2.14. The summed E-state index contributed by atoms with van der Waals surface area (Å²) in [4.78, 5) is 37.8. The normalized spacial score (nSPS) is 12.8. The van der Waals surface area contributed by atoms with E-state index in [0.717, 1.165) is 64.2 Å². The van der Waals surface area contributed by atoms with Crippen molar-refractivity contribution in [3.8, 4) is 0 Å². The molecule has 58 heavy (non-hydrogen) atoms. The average molecular weight is 807 g/mol. The van der Waals surface area contributed by atoms with E-state index in [1.807, 2.05) is 54.7 Å². The molecule has 0 aliphatic rings. The summed E-state index contributed by atoms with van der Waals surface area (Å²) >= 11 is 0. The van der Waals surface area contributed by atoms with Crippen molar-refractivity contribution in [2.45, 2.75) is 213 Å². The number of hydrogen-bond donors (Lipinski definition) is 0. The Kier molecular flexibility index (Phi) is 43.6. The molecule has 0 bridgehead atoms. The Bertz CT molecular complexity index is 1160.